The minimum Gasteiger partial charge on any atom is -0.231 e. The largest absolute Gasteiger partial charge is 0.283 e. The van der Waals surface area contributed by atoms with Crippen molar-refractivity contribution in [3.05, 3.63) is 70.9 Å². The van der Waals surface area contributed by atoms with Crippen LogP contribution in [0, 0.1) is 11.3 Å². The highest BCUT2D eigenvalue weighted by Crippen LogP contribution is 2.33. The van der Waals surface area contributed by atoms with Gasteiger partial charge in [0.25, 0.3) is 6.43 Å². The highest BCUT2D eigenvalue weighted by atomic mass is 35.5. The highest BCUT2D eigenvalue weighted by Gasteiger charge is 2.25. The highest BCUT2D eigenvalue weighted by molar-refractivity contribution is 6.30. The molecule has 6 heteroatoms. The molecular formula is C17H10ClF2N3. The van der Waals surface area contributed by atoms with E-state index in [-0.39, 0.29) is 5.56 Å². The third-order valence-corrected chi connectivity index (χ3v) is 3.60. The molecule has 0 aliphatic rings. The predicted octanol–water partition coefficient (Wildman–Crippen LogP) is 5.00. The number of alkyl halides is 2. The van der Waals surface area contributed by atoms with Gasteiger partial charge in [-0.05, 0) is 24.3 Å². The van der Waals surface area contributed by atoms with Crippen LogP contribution in [0.15, 0.2) is 54.6 Å². The molecule has 0 unspecified atom stereocenters. The van der Waals surface area contributed by atoms with Crippen LogP contribution in [0.25, 0.3) is 16.9 Å². The fourth-order valence-corrected chi connectivity index (χ4v) is 2.46. The van der Waals surface area contributed by atoms with E-state index in [0.29, 0.717) is 22.0 Å². The van der Waals surface area contributed by atoms with E-state index < -0.39 is 12.1 Å². The molecule has 23 heavy (non-hydrogen) atoms. The molecule has 3 nitrogen and oxygen atoms in total. The smallest absolute Gasteiger partial charge is 0.231 e. The molecule has 0 N–H and O–H groups in total. The SMILES string of the molecule is N#Cc1c(C(F)F)nn(-c2ccc(Cl)cc2)c1-c1ccccc1. The Bertz CT molecular complexity index is 865. The maximum absolute atomic E-state index is 13.3. The Morgan fingerprint density at radius 2 is 1.70 bits per heavy atom. The number of nitriles is 1. The van der Waals surface area contributed by atoms with Crippen LogP contribution in [-0.2, 0) is 0 Å². The Morgan fingerprint density at radius 1 is 1.04 bits per heavy atom. The molecule has 2 aromatic carbocycles. The number of halogens is 3. The van der Waals surface area contributed by atoms with E-state index in [1.807, 2.05) is 12.1 Å². The van der Waals surface area contributed by atoms with Crippen LogP contribution in [0.1, 0.15) is 17.7 Å². The van der Waals surface area contributed by atoms with Gasteiger partial charge in [-0.25, -0.2) is 13.5 Å². The third-order valence-electron chi connectivity index (χ3n) is 3.35. The zero-order valence-electron chi connectivity index (χ0n) is 11.7. The summed E-state index contributed by atoms with van der Waals surface area (Å²) in [6.45, 7) is 0. The first kappa shape index (κ1) is 15.2. The van der Waals surface area contributed by atoms with Crippen LogP contribution >= 0.6 is 11.6 Å². The molecule has 0 amide bonds. The number of rotatable bonds is 3. The zero-order valence-corrected chi connectivity index (χ0v) is 12.5. The minimum atomic E-state index is -2.83. The fraction of sp³-hybridized carbons (Fsp3) is 0.0588. The summed E-state index contributed by atoms with van der Waals surface area (Å²) in [5, 5.41) is 13.8. The molecule has 0 aliphatic heterocycles. The predicted molar refractivity (Wildman–Crippen MR) is 83.7 cm³/mol. The number of benzene rings is 2. The summed E-state index contributed by atoms with van der Waals surface area (Å²) in [5.74, 6) is 0. The lowest BCUT2D eigenvalue weighted by Crippen LogP contribution is -1.99. The van der Waals surface area contributed by atoms with Gasteiger partial charge in [-0.3, -0.25) is 0 Å². The van der Waals surface area contributed by atoms with Crippen LogP contribution in [-0.4, -0.2) is 9.78 Å². The lowest BCUT2D eigenvalue weighted by atomic mass is 10.1. The van der Waals surface area contributed by atoms with Gasteiger partial charge in [0.15, 0.2) is 0 Å². The second kappa shape index (κ2) is 6.19. The molecule has 0 bridgehead atoms. The molecule has 1 heterocycles. The van der Waals surface area contributed by atoms with Crippen LogP contribution in [0.4, 0.5) is 8.78 Å². The molecule has 0 saturated carbocycles. The van der Waals surface area contributed by atoms with Crippen LogP contribution in [0.5, 0.6) is 0 Å². The second-order valence-electron chi connectivity index (χ2n) is 4.78. The van der Waals surface area contributed by atoms with Gasteiger partial charge in [-0.2, -0.15) is 10.4 Å². The van der Waals surface area contributed by atoms with Crippen molar-refractivity contribution in [1.82, 2.24) is 9.78 Å². The summed E-state index contributed by atoms with van der Waals surface area (Å²) in [6.07, 6.45) is -2.83. The van der Waals surface area contributed by atoms with E-state index in [1.54, 1.807) is 48.5 Å². The summed E-state index contributed by atoms with van der Waals surface area (Å²) in [4.78, 5) is 0. The Kier molecular flexibility index (Phi) is 4.09. The van der Waals surface area contributed by atoms with E-state index in [2.05, 4.69) is 5.10 Å². The summed E-state index contributed by atoms with van der Waals surface area (Å²) < 4.78 is 27.9. The first-order valence-corrected chi connectivity index (χ1v) is 7.12. The van der Waals surface area contributed by atoms with Gasteiger partial charge < -0.3 is 0 Å². The zero-order chi connectivity index (χ0) is 16.4. The van der Waals surface area contributed by atoms with Gasteiger partial charge in [-0.15, -0.1) is 0 Å². The van der Waals surface area contributed by atoms with E-state index in [9.17, 15) is 14.0 Å². The van der Waals surface area contributed by atoms with E-state index in [0.717, 1.165) is 0 Å². The fourth-order valence-electron chi connectivity index (χ4n) is 2.33. The first-order chi connectivity index (χ1) is 11.1. The molecule has 3 aromatic rings. The van der Waals surface area contributed by atoms with Gasteiger partial charge in [0.05, 0.1) is 11.4 Å². The summed E-state index contributed by atoms with van der Waals surface area (Å²) in [5.41, 5.74) is 0.878. The van der Waals surface area contributed by atoms with E-state index in [4.69, 9.17) is 11.6 Å². The molecule has 114 valence electrons. The van der Waals surface area contributed by atoms with E-state index in [1.165, 1.54) is 4.68 Å². The lowest BCUT2D eigenvalue weighted by molar-refractivity contribution is 0.145. The first-order valence-electron chi connectivity index (χ1n) is 6.74. The molecule has 0 radical (unpaired) electrons. The molecule has 0 saturated heterocycles. The molecule has 0 aliphatic carbocycles. The molecule has 0 atom stereocenters. The van der Waals surface area contributed by atoms with Gasteiger partial charge in [0, 0.05) is 10.6 Å². The Hall–Kier alpha value is -2.71. The topological polar surface area (TPSA) is 41.6 Å². The monoisotopic (exact) mass is 329 g/mol. The molecular weight excluding hydrogens is 320 g/mol. The van der Waals surface area contributed by atoms with Crippen molar-refractivity contribution < 1.29 is 8.78 Å². The van der Waals surface area contributed by atoms with Crippen molar-refractivity contribution in [2.24, 2.45) is 0 Å². The number of nitrogens with zero attached hydrogens (tertiary/aromatic N) is 3. The van der Waals surface area contributed by atoms with Crippen molar-refractivity contribution in [1.29, 1.82) is 5.26 Å². The van der Waals surface area contributed by atoms with Crippen molar-refractivity contribution in [2.75, 3.05) is 0 Å². The molecule has 0 fully saturated rings. The Labute approximate surface area is 136 Å². The van der Waals surface area contributed by atoms with Gasteiger partial charge in [0.1, 0.15) is 17.3 Å². The van der Waals surface area contributed by atoms with E-state index >= 15 is 0 Å². The average Bonchev–Trinajstić information content (AvgIpc) is 2.96. The standard InChI is InChI=1S/C17H10ClF2N3/c18-12-6-8-13(9-7-12)23-16(11-4-2-1-3-5-11)14(10-21)15(22-23)17(19)20/h1-9,17H. The normalized spacial score (nSPS) is 10.7. The summed E-state index contributed by atoms with van der Waals surface area (Å²) in [7, 11) is 0. The van der Waals surface area contributed by atoms with Crippen molar-refractivity contribution in [2.45, 2.75) is 6.43 Å². The Balaban J connectivity index is 2.31. The van der Waals surface area contributed by atoms with Crippen molar-refractivity contribution in [3.63, 3.8) is 0 Å². The molecule has 0 spiro atoms. The summed E-state index contributed by atoms with van der Waals surface area (Å²) in [6, 6.07) is 17.3. The number of aromatic nitrogens is 2. The Morgan fingerprint density at radius 3 is 2.26 bits per heavy atom. The average molecular weight is 330 g/mol. The third kappa shape index (κ3) is 2.81. The van der Waals surface area contributed by atoms with Gasteiger partial charge >= 0.3 is 0 Å². The second-order valence-corrected chi connectivity index (χ2v) is 5.21. The van der Waals surface area contributed by atoms with Gasteiger partial charge in [-0.1, -0.05) is 41.9 Å². The van der Waals surface area contributed by atoms with Crippen molar-refractivity contribution >= 4 is 11.6 Å². The quantitative estimate of drug-likeness (QED) is 0.678. The minimum absolute atomic E-state index is 0.124. The van der Waals surface area contributed by atoms with Gasteiger partial charge in [0.2, 0.25) is 0 Å². The maximum atomic E-state index is 13.3. The maximum Gasteiger partial charge on any atom is 0.283 e. The van der Waals surface area contributed by atoms with Crippen LogP contribution < -0.4 is 0 Å². The lowest BCUT2D eigenvalue weighted by Gasteiger charge is -2.08. The van der Waals surface area contributed by atoms with Crippen LogP contribution in [0.2, 0.25) is 5.02 Å². The molecule has 3 rings (SSSR count). The summed E-state index contributed by atoms with van der Waals surface area (Å²) >= 11 is 5.87. The van der Waals surface area contributed by atoms with Crippen molar-refractivity contribution in [3.8, 4) is 23.0 Å². The number of hydrogen-bond acceptors (Lipinski definition) is 2. The molecule has 1 aromatic heterocycles. The number of hydrogen-bond donors (Lipinski definition) is 0. The van der Waals surface area contributed by atoms with Crippen LogP contribution in [0.3, 0.4) is 0 Å².